The molecule has 2 rings (SSSR count). The Kier molecular flexibility index (Phi) is 5.56. The number of rotatable bonds is 5. The molecule has 1 aliphatic heterocycles. The zero-order chi connectivity index (χ0) is 14.4. The summed E-state index contributed by atoms with van der Waals surface area (Å²) in [5.74, 6) is 0.116. The van der Waals surface area contributed by atoms with Gasteiger partial charge in [0.2, 0.25) is 5.91 Å². The summed E-state index contributed by atoms with van der Waals surface area (Å²) >= 11 is 0. The highest BCUT2D eigenvalue weighted by Gasteiger charge is 2.26. The zero-order valence-corrected chi connectivity index (χ0v) is 12.4. The van der Waals surface area contributed by atoms with Crippen LogP contribution in [0.5, 0.6) is 0 Å². The number of carbonyl (C=O) groups excluding carboxylic acids is 1. The van der Waals surface area contributed by atoms with Crippen molar-refractivity contribution in [3.63, 3.8) is 0 Å². The molecule has 4 nitrogen and oxygen atoms in total. The molecule has 1 heterocycles. The van der Waals surface area contributed by atoms with Gasteiger partial charge in [0.25, 0.3) is 0 Å². The highest BCUT2D eigenvalue weighted by Crippen LogP contribution is 2.13. The molecule has 0 radical (unpaired) electrons. The van der Waals surface area contributed by atoms with Crippen LogP contribution in [0.1, 0.15) is 25.3 Å². The third-order valence-electron chi connectivity index (χ3n) is 4.10. The minimum absolute atomic E-state index is 0.0603. The number of nitrogens with one attached hydrogen (secondary N) is 2. The van der Waals surface area contributed by atoms with Gasteiger partial charge in [-0.3, -0.25) is 9.69 Å². The highest BCUT2D eigenvalue weighted by molar-refractivity contribution is 5.81. The summed E-state index contributed by atoms with van der Waals surface area (Å²) in [7, 11) is 1.99. The number of hydrogen-bond acceptors (Lipinski definition) is 3. The number of amides is 1. The number of nitrogens with zero attached hydrogens (tertiary/aromatic N) is 1. The zero-order valence-electron chi connectivity index (χ0n) is 12.4. The fourth-order valence-electron chi connectivity index (χ4n) is 2.69. The Hall–Kier alpha value is -1.39. The maximum atomic E-state index is 12.2. The molecule has 1 aliphatic rings. The summed E-state index contributed by atoms with van der Waals surface area (Å²) in [6, 6.07) is 10.5. The van der Waals surface area contributed by atoms with Crippen LogP contribution in [0.25, 0.3) is 0 Å². The van der Waals surface area contributed by atoms with E-state index in [1.807, 2.05) is 44.3 Å². The first-order valence-corrected chi connectivity index (χ1v) is 7.43. The normalized spacial score (nSPS) is 21.4. The van der Waals surface area contributed by atoms with Crippen LogP contribution in [-0.4, -0.2) is 43.0 Å². The Morgan fingerprint density at radius 3 is 2.85 bits per heavy atom. The van der Waals surface area contributed by atoms with Gasteiger partial charge in [-0.1, -0.05) is 30.3 Å². The lowest BCUT2D eigenvalue weighted by molar-refractivity contribution is -0.126. The molecule has 0 aromatic heterocycles. The van der Waals surface area contributed by atoms with Crippen LogP contribution in [0.3, 0.4) is 0 Å². The monoisotopic (exact) mass is 275 g/mol. The average Bonchev–Trinajstić information content (AvgIpc) is 2.53. The molecule has 2 unspecified atom stereocenters. The van der Waals surface area contributed by atoms with E-state index < -0.39 is 0 Å². The van der Waals surface area contributed by atoms with E-state index in [-0.39, 0.29) is 11.9 Å². The Bertz CT molecular complexity index is 421. The summed E-state index contributed by atoms with van der Waals surface area (Å²) in [6.07, 6.45) is 2.35. The summed E-state index contributed by atoms with van der Waals surface area (Å²) < 4.78 is 0. The molecule has 1 aromatic carbocycles. The fraction of sp³-hybridized carbons (Fsp3) is 0.562. The second-order valence-electron chi connectivity index (χ2n) is 5.50. The molecule has 0 spiro atoms. The second kappa shape index (κ2) is 7.41. The van der Waals surface area contributed by atoms with Gasteiger partial charge in [0.05, 0.1) is 6.04 Å². The van der Waals surface area contributed by atoms with E-state index in [1.165, 1.54) is 6.42 Å². The Morgan fingerprint density at radius 2 is 2.15 bits per heavy atom. The van der Waals surface area contributed by atoms with Crippen LogP contribution < -0.4 is 10.6 Å². The Morgan fingerprint density at radius 1 is 1.40 bits per heavy atom. The van der Waals surface area contributed by atoms with Crippen LogP contribution in [-0.2, 0) is 11.3 Å². The molecule has 110 valence electrons. The van der Waals surface area contributed by atoms with Gasteiger partial charge in [-0.25, -0.2) is 0 Å². The van der Waals surface area contributed by atoms with Gasteiger partial charge in [-0.2, -0.15) is 0 Å². The highest BCUT2D eigenvalue weighted by atomic mass is 16.2. The van der Waals surface area contributed by atoms with Crippen molar-refractivity contribution in [1.29, 1.82) is 0 Å². The van der Waals surface area contributed by atoms with E-state index >= 15 is 0 Å². The van der Waals surface area contributed by atoms with Crippen LogP contribution in [0.2, 0.25) is 0 Å². The maximum Gasteiger partial charge on any atom is 0.237 e. The van der Waals surface area contributed by atoms with Crippen LogP contribution in [0, 0.1) is 0 Å². The molecule has 4 heteroatoms. The van der Waals surface area contributed by atoms with Gasteiger partial charge in [-0.15, -0.1) is 0 Å². The van der Waals surface area contributed by atoms with Crippen molar-refractivity contribution in [2.45, 2.75) is 38.4 Å². The lowest BCUT2D eigenvalue weighted by Crippen LogP contribution is -2.52. The predicted molar refractivity (Wildman–Crippen MR) is 81.4 cm³/mol. The molecule has 2 N–H and O–H groups in total. The smallest absolute Gasteiger partial charge is 0.237 e. The molecular weight excluding hydrogens is 250 g/mol. The first-order valence-electron chi connectivity index (χ1n) is 7.43. The van der Waals surface area contributed by atoms with Gasteiger partial charge in [0.15, 0.2) is 0 Å². The van der Waals surface area contributed by atoms with E-state index in [9.17, 15) is 4.79 Å². The van der Waals surface area contributed by atoms with Gasteiger partial charge >= 0.3 is 0 Å². The van der Waals surface area contributed by atoms with Crippen LogP contribution >= 0.6 is 0 Å². The van der Waals surface area contributed by atoms with E-state index in [4.69, 9.17) is 0 Å². The number of likely N-dealkylation sites (tertiary alicyclic amines) is 1. The number of likely N-dealkylation sites (N-methyl/N-ethyl adjacent to an activating group) is 1. The third-order valence-corrected chi connectivity index (χ3v) is 4.10. The third kappa shape index (κ3) is 4.05. The summed E-state index contributed by atoms with van der Waals surface area (Å²) in [6.45, 7) is 4.57. The number of hydrogen-bond donors (Lipinski definition) is 2. The van der Waals surface area contributed by atoms with Crippen LogP contribution in [0.4, 0.5) is 0 Å². The number of carbonyl (C=O) groups is 1. The summed E-state index contributed by atoms with van der Waals surface area (Å²) in [4.78, 5) is 14.5. The number of benzene rings is 1. The van der Waals surface area contributed by atoms with Gasteiger partial charge < -0.3 is 10.6 Å². The molecule has 1 amide bonds. The van der Waals surface area contributed by atoms with Crippen molar-refractivity contribution in [2.75, 3.05) is 20.1 Å². The van der Waals surface area contributed by atoms with Crippen molar-refractivity contribution in [2.24, 2.45) is 0 Å². The molecule has 1 saturated heterocycles. The first kappa shape index (κ1) is 15.0. The first-order chi connectivity index (χ1) is 9.70. The van der Waals surface area contributed by atoms with Gasteiger partial charge in [0, 0.05) is 19.1 Å². The molecular formula is C16H25N3O. The SMILES string of the molecule is CNC1CCCN(C(C)C(=O)NCc2ccccc2)C1. The topological polar surface area (TPSA) is 44.4 Å². The van der Waals surface area contributed by atoms with Crippen molar-refractivity contribution in [3.05, 3.63) is 35.9 Å². The van der Waals surface area contributed by atoms with Gasteiger partial charge in [-0.05, 0) is 38.9 Å². The Balaban J connectivity index is 1.82. The molecule has 0 aliphatic carbocycles. The Labute approximate surface area is 121 Å². The molecule has 0 saturated carbocycles. The van der Waals surface area contributed by atoms with E-state index in [0.717, 1.165) is 25.1 Å². The molecule has 20 heavy (non-hydrogen) atoms. The standard InChI is InChI=1S/C16H25N3O/c1-13(19-10-6-9-15(12-19)17-2)16(20)18-11-14-7-4-3-5-8-14/h3-5,7-8,13,15,17H,6,9-12H2,1-2H3,(H,18,20). The molecule has 0 bridgehead atoms. The van der Waals surface area contributed by atoms with Gasteiger partial charge in [0.1, 0.15) is 0 Å². The van der Waals surface area contributed by atoms with Crippen molar-refractivity contribution in [3.8, 4) is 0 Å². The van der Waals surface area contributed by atoms with Crippen molar-refractivity contribution in [1.82, 2.24) is 15.5 Å². The van der Waals surface area contributed by atoms with E-state index in [0.29, 0.717) is 12.6 Å². The molecule has 1 fully saturated rings. The van der Waals surface area contributed by atoms with E-state index in [1.54, 1.807) is 0 Å². The molecule has 1 aromatic rings. The largest absolute Gasteiger partial charge is 0.351 e. The maximum absolute atomic E-state index is 12.2. The van der Waals surface area contributed by atoms with Crippen LogP contribution in [0.15, 0.2) is 30.3 Å². The van der Waals surface area contributed by atoms with Crippen molar-refractivity contribution >= 4 is 5.91 Å². The minimum Gasteiger partial charge on any atom is -0.351 e. The molecule has 2 atom stereocenters. The summed E-state index contributed by atoms with van der Waals surface area (Å²) in [5.41, 5.74) is 1.14. The lowest BCUT2D eigenvalue weighted by Gasteiger charge is -2.35. The quantitative estimate of drug-likeness (QED) is 0.853. The number of piperidine rings is 1. The lowest BCUT2D eigenvalue weighted by atomic mass is 10.0. The summed E-state index contributed by atoms with van der Waals surface area (Å²) in [5, 5.41) is 6.34. The predicted octanol–water partition coefficient (Wildman–Crippen LogP) is 1.38. The van der Waals surface area contributed by atoms with Crippen molar-refractivity contribution < 1.29 is 4.79 Å². The fourth-order valence-corrected chi connectivity index (χ4v) is 2.69. The van der Waals surface area contributed by atoms with E-state index in [2.05, 4.69) is 15.5 Å². The average molecular weight is 275 g/mol. The minimum atomic E-state index is -0.0603. The second-order valence-corrected chi connectivity index (χ2v) is 5.50.